The van der Waals surface area contributed by atoms with Crippen LogP contribution < -0.4 is 10.1 Å². The Morgan fingerprint density at radius 1 is 1.29 bits per heavy atom. The molecule has 1 amide bonds. The number of amides is 1. The van der Waals surface area contributed by atoms with Crippen molar-refractivity contribution >= 4 is 33.6 Å². The summed E-state index contributed by atoms with van der Waals surface area (Å²) in [5.41, 5.74) is 0.688. The number of nitrogens with one attached hydrogen (secondary N) is 1. The minimum atomic E-state index is -0.844. The zero-order chi connectivity index (χ0) is 22.6. The summed E-state index contributed by atoms with van der Waals surface area (Å²) in [7, 11) is 3.20. The first kappa shape index (κ1) is 23.2. The normalized spacial score (nSPS) is 22.6. The van der Waals surface area contributed by atoms with Crippen molar-refractivity contribution in [3.63, 3.8) is 0 Å². The first-order valence-electron chi connectivity index (χ1n) is 10.1. The van der Waals surface area contributed by atoms with Crippen LogP contribution in [0.1, 0.15) is 50.7 Å². The number of rotatable bonds is 5. The van der Waals surface area contributed by atoms with Crippen LogP contribution in [0.15, 0.2) is 22.4 Å². The molecule has 0 radical (unpaired) electrons. The van der Waals surface area contributed by atoms with Crippen molar-refractivity contribution in [2.45, 2.75) is 51.2 Å². The van der Waals surface area contributed by atoms with Crippen LogP contribution in [0.5, 0.6) is 5.75 Å². The van der Waals surface area contributed by atoms with Crippen molar-refractivity contribution in [3.05, 3.63) is 33.5 Å². The summed E-state index contributed by atoms with van der Waals surface area (Å²) in [6.45, 7) is 3.60. The lowest BCUT2D eigenvalue weighted by Crippen LogP contribution is -2.49. The van der Waals surface area contributed by atoms with Crippen molar-refractivity contribution in [2.75, 3.05) is 20.8 Å². The molecule has 1 aliphatic heterocycles. The number of carbonyl (C=O) groups excluding carboxylic acids is 2. The van der Waals surface area contributed by atoms with Crippen LogP contribution in [0.25, 0.3) is 5.57 Å². The fourth-order valence-corrected chi connectivity index (χ4v) is 4.80. The van der Waals surface area contributed by atoms with Gasteiger partial charge in [-0.15, -0.1) is 5.92 Å². The van der Waals surface area contributed by atoms with Gasteiger partial charge in [0.05, 0.1) is 30.9 Å². The lowest BCUT2D eigenvalue weighted by Gasteiger charge is -2.37. The van der Waals surface area contributed by atoms with Gasteiger partial charge in [0.1, 0.15) is 5.75 Å². The van der Waals surface area contributed by atoms with E-state index < -0.39 is 11.7 Å². The molecule has 166 valence electrons. The zero-order valence-electron chi connectivity index (χ0n) is 18.1. The van der Waals surface area contributed by atoms with Gasteiger partial charge in [0.15, 0.2) is 5.76 Å². The summed E-state index contributed by atoms with van der Waals surface area (Å²) in [5.74, 6) is 6.22. The Bertz CT molecular complexity index is 966. The standard InChI is InChI=1S/C23H26BrNO6/c1-5-7-14-12-16(24)18(17(13-14)29-4)19-20(31-22(27)30-6-2)23(25-21(19)26)10-8-15(28-3)9-11-23/h12-13,15H,6,8-11H2,1-4H3,(H,25,26). The maximum atomic E-state index is 13.2. The topological polar surface area (TPSA) is 83.1 Å². The minimum Gasteiger partial charge on any atom is -0.496 e. The van der Waals surface area contributed by atoms with Crippen LogP contribution >= 0.6 is 15.9 Å². The molecule has 1 aliphatic carbocycles. The zero-order valence-corrected chi connectivity index (χ0v) is 19.7. The molecule has 1 aromatic carbocycles. The molecule has 1 aromatic rings. The molecule has 1 heterocycles. The van der Waals surface area contributed by atoms with E-state index >= 15 is 0 Å². The number of hydrogen-bond donors (Lipinski definition) is 1. The maximum Gasteiger partial charge on any atom is 0.513 e. The summed E-state index contributed by atoms with van der Waals surface area (Å²) in [5, 5.41) is 3.07. The minimum absolute atomic E-state index is 0.101. The molecule has 0 saturated heterocycles. The van der Waals surface area contributed by atoms with Gasteiger partial charge in [-0.25, -0.2) is 4.79 Å². The molecular weight excluding hydrogens is 466 g/mol. The van der Waals surface area contributed by atoms with Gasteiger partial charge >= 0.3 is 6.16 Å². The molecule has 3 rings (SSSR count). The number of benzene rings is 1. The van der Waals surface area contributed by atoms with E-state index in [1.807, 2.05) is 6.07 Å². The molecule has 2 aliphatic rings. The first-order valence-corrected chi connectivity index (χ1v) is 10.9. The predicted octanol–water partition coefficient (Wildman–Crippen LogP) is 4.17. The number of halogens is 1. The molecular formula is C23H26BrNO6. The Morgan fingerprint density at radius 3 is 2.58 bits per heavy atom. The molecule has 0 bridgehead atoms. The van der Waals surface area contributed by atoms with Crippen molar-refractivity contribution < 1.29 is 28.5 Å². The van der Waals surface area contributed by atoms with Gasteiger partial charge in [-0.1, -0.05) is 5.92 Å². The van der Waals surface area contributed by atoms with Gasteiger partial charge in [0, 0.05) is 22.7 Å². The van der Waals surface area contributed by atoms with E-state index in [4.69, 9.17) is 18.9 Å². The summed E-state index contributed by atoms with van der Waals surface area (Å²) in [6, 6.07) is 3.56. The van der Waals surface area contributed by atoms with Crippen LogP contribution in [0.3, 0.4) is 0 Å². The SMILES string of the molecule is CC#Cc1cc(Br)c(C2=C(OC(=O)OCC)C3(CCC(OC)CC3)NC2=O)c(OC)c1. The molecule has 1 N–H and O–H groups in total. The average Bonchev–Trinajstić information content (AvgIpc) is 2.99. The number of methoxy groups -OCH3 is 2. The van der Waals surface area contributed by atoms with Crippen molar-refractivity contribution in [1.82, 2.24) is 5.32 Å². The molecule has 0 atom stereocenters. The summed E-state index contributed by atoms with van der Waals surface area (Å²) >= 11 is 3.55. The van der Waals surface area contributed by atoms with Gasteiger partial charge in [0.25, 0.3) is 5.91 Å². The highest BCUT2D eigenvalue weighted by atomic mass is 79.9. The Kier molecular flexibility index (Phi) is 7.29. The van der Waals surface area contributed by atoms with Crippen molar-refractivity contribution in [1.29, 1.82) is 0 Å². The summed E-state index contributed by atoms with van der Waals surface area (Å²) in [6.07, 6.45) is 1.86. The first-order chi connectivity index (χ1) is 14.9. The average molecular weight is 492 g/mol. The molecule has 1 spiro atoms. The van der Waals surface area contributed by atoms with Gasteiger partial charge in [-0.3, -0.25) is 4.79 Å². The number of carbonyl (C=O) groups is 2. The van der Waals surface area contributed by atoms with Crippen molar-refractivity contribution in [2.24, 2.45) is 0 Å². The Hall–Kier alpha value is -2.50. The van der Waals surface area contributed by atoms with Gasteiger partial charge in [-0.05, 0) is 67.6 Å². The highest BCUT2D eigenvalue weighted by Crippen LogP contribution is 2.47. The highest BCUT2D eigenvalue weighted by Gasteiger charge is 2.51. The quantitative estimate of drug-likeness (QED) is 0.491. The molecule has 0 unspecified atom stereocenters. The van der Waals surface area contributed by atoms with E-state index in [9.17, 15) is 9.59 Å². The van der Waals surface area contributed by atoms with E-state index in [0.717, 1.165) is 18.4 Å². The smallest absolute Gasteiger partial charge is 0.496 e. The molecule has 8 heteroatoms. The largest absolute Gasteiger partial charge is 0.513 e. The van der Waals surface area contributed by atoms with Crippen LogP contribution in [-0.4, -0.2) is 44.5 Å². The second kappa shape index (κ2) is 9.75. The number of hydrogen-bond acceptors (Lipinski definition) is 6. The monoisotopic (exact) mass is 491 g/mol. The van der Waals surface area contributed by atoms with E-state index in [1.54, 1.807) is 27.0 Å². The lowest BCUT2D eigenvalue weighted by molar-refractivity contribution is -0.116. The van der Waals surface area contributed by atoms with E-state index in [-0.39, 0.29) is 30.0 Å². The molecule has 0 aromatic heterocycles. The molecule has 1 fully saturated rings. The van der Waals surface area contributed by atoms with Crippen molar-refractivity contribution in [3.8, 4) is 17.6 Å². The van der Waals surface area contributed by atoms with Gasteiger partial charge in [-0.2, -0.15) is 0 Å². The molecule has 7 nitrogen and oxygen atoms in total. The van der Waals surface area contributed by atoms with Gasteiger partial charge in [0.2, 0.25) is 0 Å². The molecule has 1 saturated carbocycles. The van der Waals surface area contributed by atoms with Crippen LogP contribution in [-0.2, 0) is 19.0 Å². The van der Waals surface area contributed by atoms with Gasteiger partial charge < -0.3 is 24.3 Å². The predicted molar refractivity (Wildman–Crippen MR) is 118 cm³/mol. The van der Waals surface area contributed by atoms with E-state index in [0.29, 0.717) is 28.6 Å². The van der Waals surface area contributed by atoms with Crippen LogP contribution in [0.2, 0.25) is 0 Å². The summed E-state index contributed by atoms with van der Waals surface area (Å²) < 4.78 is 22.4. The van der Waals surface area contributed by atoms with Crippen LogP contribution in [0.4, 0.5) is 4.79 Å². The van der Waals surface area contributed by atoms with Crippen LogP contribution in [0, 0.1) is 11.8 Å². The third kappa shape index (κ3) is 4.58. The second-order valence-corrected chi connectivity index (χ2v) is 8.23. The fraction of sp³-hybridized carbons (Fsp3) is 0.478. The number of ether oxygens (including phenoxy) is 4. The van der Waals surface area contributed by atoms with E-state index in [1.165, 1.54) is 7.11 Å². The molecule has 31 heavy (non-hydrogen) atoms. The van der Waals surface area contributed by atoms with E-state index in [2.05, 4.69) is 33.1 Å². The third-order valence-corrected chi connectivity index (χ3v) is 6.23. The lowest BCUT2D eigenvalue weighted by atomic mass is 9.79. The summed E-state index contributed by atoms with van der Waals surface area (Å²) in [4.78, 5) is 25.5. The Labute approximate surface area is 190 Å². The maximum absolute atomic E-state index is 13.2. The highest BCUT2D eigenvalue weighted by molar-refractivity contribution is 9.10. The Morgan fingerprint density at radius 2 is 2.00 bits per heavy atom. The fourth-order valence-electron chi connectivity index (χ4n) is 4.16. The second-order valence-electron chi connectivity index (χ2n) is 7.37. The Balaban J connectivity index is 2.17. The third-order valence-electron chi connectivity index (χ3n) is 5.60.